The molecular weight excluding hydrogens is 338 g/mol. The van der Waals surface area contributed by atoms with Gasteiger partial charge in [0.25, 0.3) is 5.69 Å². The van der Waals surface area contributed by atoms with Gasteiger partial charge in [-0.1, -0.05) is 25.1 Å². The number of nitrogens with zero attached hydrogens (tertiary/aromatic N) is 3. The van der Waals surface area contributed by atoms with Crippen molar-refractivity contribution in [1.29, 1.82) is 0 Å². The molecule has 3 aromatic rings. The molecule has 0 N–H and O–H groups in total. The highest BCUT2D eigenvalue weighted by molar-refractivity contribution is 5.84. The Labute approximate surface area is 159 Å². The van der Waals surface area contributed by atoms with Gasteiger partial charge in [0.1, 0.15) is 0 Å². The van der Waals surface area contributed by atoms with E-state index in [1.807, 2.05) is 13.1 Å². The van der Waals surface area contributed by atoms with Crippen LogP contribution in [0.2, 0.25) is 0 Å². The Bertz CT molecular complexity index is 1030. The first kappa shape index (κ1) is 18.6. The molecule has 27 heavy (non-hydrogen) atoms. The van der Waals surface area contributed by atoms with E-state index >= 15 is 0 Å². The largest absolute Gasteiger partial charge is 0.318 e. The van der Waals surface area contributed by atoms with Crippen LogP contribution in [0.15, 0.2) is 53.5 Å². The summed E-state index contributed by atoms with van der Waals surface area (Å²) < 4.78 is 2.25. The van der Waals surface area contributed by atoms with Crippen molar-refractivity contribution in [2.45, 2.75) is 34.1 Å². The SMILES string of the molecule is CCc1ccccc1-n1c(C)cc(C=Nc2ccc([N+](=O)[O-])cc2C)c1C. The van der Waals surface area contributed by atoms with Crippen molar-refractivity contribution in [1.82, 2.24) is 4.57 Å². The fraction of sp³-hybridized carbons (Fsp3) is 0.227. The maximum absolute atomic E-state index is 10.9. The van der Waals surface area contributed by atoms with Crippen molar-refractivity contribution >= 4 is 17.6 Å². The number of rotatable bonds is 5. The molecule has 0 spiro atoms. The molecule has 0 fully saturated rings. The molecule has 138 valence electrons. The first-order valence-electron chi connectivity index (χ1n) is 8.98. The van der Waals surface area contributed by atoms with E-state index in [1.54, 1.807) is 12.1 Å². The topological polar surface area (TPSA) is 60.4 Å². The van der Waals surface area contributed by atoms with Gasteiger partial charge in [-0.25, -0.2) is 0 Å². The number of aliphatic imine (C=N–C) groups is 1. The molecule has 0 bridgehead atoms. The summed E-state index contributed by atoms with van der Waals surface area (Å²) in [5, 5.41) is 10.9. The number of hydrogen-bond donors (Lipinski definition) is 0. The maximum Gasteiger partial charge on any atom is 0.269 e. The average molecular weight is 361 g/mol. The van der Waals surface area contributed by atoms with Crippen molar-refractivity contribution in [2.75, 3.05) is 0 Å². The number of benzene rings is 2. The lowest BCUT2D eigenvalue weighted by molar-refractivity contribution is -0.384. The summed E-state index contributed by atoms with van der Waals surface area (Å²) in [6, 6.07) is 15.3. The molecule has 1 aromatic heterocycles. The first-order chi connectivity index (χ1) is 12.9. The third-order valence-electron chi connectivity index (χ3n) is 4.82. The van der Waals surface area contributed by atoms with Gasteiger partial charge in [-0.15, -0.1) is 0 Å². The monoisotopic (exact) mass is 361 g/mol. The Morgan fingerprint density at radius 3 is 2.52 bits per heavy atom. The fourth-order valence-electron chi connectivity index (χ4n) is 3.35. The molecule has 2 aromatic carbocycles. The average Bonchev–Trinajstić information content (AvgIpc) is 2.93. The van der Waals surface area contributed by atoms with Crippen molar-refractivity contribution < 1.29 is 4.92 Å². The fourth-order valence-corrected chi connectivity index (χ4v) is 3.35. The van der Waals surface area contributed by atoms with E-state index < -0.39 is 0 Å². The second-order valence-electron chi connectivity index (χ2n) is 6.63. The molecule has 0 saturated carbocycles. The number of non-ortho nitro benzene ring substituents is 1. The van der Waals surface area contributed by atoms with Gasteiger partial charge in [0.15, 0.2) is 0 Å². The molecule has 0 saturated heterocycles. The molecule has 0 atom stereocenters. The van der Waals surface area contributed by atoms with Gasteiger partial charge >= 0.3 is 0 Å². The molecule has 3 rings (SSSR count). The van der Waals surface area contributed by atoms with Gasteiger partial charge in [-0.2, -0.15) is 0 Å². The van der Waals surface area contributed by atoms with E-state index in [0.717, 1.165) is 34.6 Å². The number of aromatic nitrogens is 1. The number of aryl methyl sites for hydroxylation is 3. The van der Waals surface area contributed by atoms with E-state index in [9.17, 15) is 10.1 Å². The van der Waals surface area contributed by atoms with Crippen LogP contribution in [0.1, 0.15) is 35.0 Å². The van der Waals surface area contributed by atoms with Crippen LogP contribution in [0.4, 0.5) is 11.4 Å². The van der Waals surface area contributed by atoms with Gasteiger partial charge in [0.2, 0.25) is 0 Å². The lowest BCUT2D eigenvalue weighted by Gasteiger charge is -2.13. The molecule has 5 nitrogen and oxygen atoms in total. The van der Waals surface area contributed by atoms with Crippen LogP contribution in [0.5, 0.6) is 0 Å². The minimum Gasteiger partial charge on any atom is -0.318 e. The van der Waals surface area contributed by atoms with Crippen LogP contribution in [0.3, 0.4) is 0 Å². The van der Waals surface area contributed by atoms with Gasteiger partial charge in [0.05, 0.1) is 10.6 Å². The first-order valence-corrected chi connectivity index (χ1v) is 8.98. The third kappa shape index (κ3) is 3.67. The van der Waals surface area contributed by atoms with Crippen LogP contribution in [0.25, 0.3) is 5.69 Å². The van der Waals surface area contributed by atoms with Gasteiger partial charge in [-0.05, 0) is 56.5 Å². The van der Waals surface area contributed by atoms with Crippen LogP contribution in [0, 0.1) is 30.9 Å². The van der Waals surface area contributed by atoms with Crippen LogP contribution in [-0.4, -0.2) is 15.7 Å². The van der Waals surface area contributed by atoms with Crippen molar-refractivity contribution in [2.24, 2.45) is 4.99 Å². The number of hydrogen-bond acceptors (Lipinski definition) is 3. The minimum absolute atomic E-state index is 0.0841. The number of para-hydroxylation sites is 1. The van der Waals surface area contributed by atoms with Crippen LogP contribution < -0.4 is 0 Å². The molecule has 0 aliphatic rings. The highest BCUT2D eigenvalue weighted by atomic mass is 16.6. The number of nitro benzene ring substituents is 1. The summed E-state index contributed by atoms with van der Waals surface area (Å²) in [6.45, 7) is 8.17. The summed E-state index contributed by atoms with van der Waals surface area (Å²) in [5.41, 5.74) is 7.41. The standard InChI is InChI=1S/C22H23N3O2/c1-5-18-8-6-7-9-22(18)24-16(3)13-19(17(24)4)14-23-21-11-10-20(25(26)27)12-15(21)2/h6-14H,5H2,1-4H3. The van der Waals surface area contributed by atoms with Crippen molar-refractivity contribution in [3.8, 4) is 5.69 Å². The second-order valence-corrected chi connectivity index (χ2v) is 6.63. The lowest BCUT2D eigenvalue weighted by atomic mass is 10.1. The van der Waals surface area contributed by atoms with E-state index in [4.69, 9.17) is 0 Å². The smallest absolute Gasteiger partial charge is 0.269 e. The Kier molecular flexibility index (Phi) is 5.21. The molecule has 0 amide bonds. The highest BCUT2D eigenvalue weighted by Crippen LogP contribution is 2.26. The molecule has 5 heteroatoms. The van der Waals surface area contributed by atoms with E-state index in [2.05, 4.69) is 60.7 Å². The van der Waals surface area contributed by atoms with E-state index in [1.165, 1.54) is 17.3 Å². The molecular formula is C22H23N3O2. The zero-order valence-electron chi connectivity index (χ0n) is 16.1. The Morgan fingerprint density at radius 1 is 1.11 bits per heavy atom. The van der Waals surface area contributed by atoms with Crippen LogP contribution in [-0.2, 0) is 6.42 Å². The summed E-state index contributed by atoms with van der Waals surface area (Å²) in [7, 11) is 0. The predicted molar refractivity (Wildman–Crippen MR) is 110 cm³/mol. The molecule has 0 aliphatic carbocycles. The molecule has 0 radical (unpaired) electrons. The van der Waals surface area contributed by atoms with Gasteiger partial charge in [0, 0.05) is 41.0 Å². The zero-order chi connectivity index (χ0) is 19.6. The van der Waals surface area contributed by atoms with Gasteiger partial charge in [-0.3, -0.25) is 15.1 Å². The second kappa shape index (κ2) is 7.58. The van der Waals surface area contributed by atoms with Gasteiger partial charge < -0.3 is 4.57 Å². The molecule has 0 unspecified atom stereocenters. The minimum atomic E-state index is -0.390. The lowest BCUT2D eigenvalue weighted by Crippen LogP contribution is -2.03. The molecule has 0 aliphatic heterocycles. The summed E-state index contributed by atoms with van der Waals surface area (Å²) in [5.74, 6) is 0. The van der Waals surface area contributed by atoms with Crippen molar-refractivity contribution in [3.05, 3.63) is 86.7 Å². The quantitative estimate of drug-likeness (QED) is 0.336. The van der Waals surface area contributed by atoms with E-state index in [-0.39, 0.29) is 10.6 Å². The Balaban J connectivity index is 1.98. The third-order valence-corrected chi connectivity index (χ3v) is 4.82. The Hall–Kier alpha value is -3.21. The zero-order valence-corrected chi connectivity index (χ0v) is 16.1. The van der Waals surface area contributed by atoms with E-state index in [0.29, 0.717) is 0 Å². The summed E-state index contributed by atoms with van der Waals surface area (Å²) >= 11 is 0. The summed E-state index contributed by atoms with van der Waals surface area (Å²) in [4.78, 5) is 15.1. The highest BCUT2D eigenvalue weighted by Gasteiger charge is 2.12. The maximum atomic E-state index is 10.9. The predicted octanol–water partition coefficient (Wildman–Crippen LogP) is 5.62. The Morgan fingerprint density at radius 2 is 1.85 bits per heavy atom. The van der Waals surface area contributed by atoms with Crippen molar-refractivity contribution in [3.63, 3.8) is 0 Å². The summed E-state index contributed by atoms with van der Waals surface area (Å²) in [6.07, 6.45) is 2.81. The molecule has 1 heterocycles. The normalized spacial score (nSPS) is 11.3. The number of nitro groups is 1. The van der Waals surface area contributed by atoms with Crippen LogP contribution >= 0.6 is 0 Å².